The molecule has 0 saturated heterocycles. The van der Waals surface area contributed by atoms with Crippen LogP contribution in [0.25, 0.3) is 10.9 Å². The molecule has 0 fully saturated rings. The molecule has 1 unspecified atom stereocenters. The van der Waals surface area contributed by atoms with Gasteiger partial charge in [0.25, 0.3) is 0 Å². The van der Waals surface area contributed by atoms with E-state index in [9.17, 15) is 13.6 Å². The number of fused-ring (bicyclic) bond motifs is 1. The van der Waals surface area contributed by atoms with E-state index in [4.69, 9.17) is 10.5 Å². The summed E-state index contributed by atoms with van der Waals surface area (Å²) in [5.74, 6) is -0.714. The maximum atomic E-state index is 14.1. The highest BCUT2D eigenvalue weighted by atomic mass is 19.1. The zero-order chi connectivity index (χ0) is 24.7. The third-order valence-electron chi connectivity index (χ3n) is 5.94. The number of carbonyl (C=O) groups excluding carboxylic acids is 1. The smallest absolute Gasteiger partial charge is 0.214 e. The largest absolute Gasteiger partial charge is 0.436 e. The summed E-state index contributed by atoms with van der Waals surface area (Å²) in [4.78, 5) is 20.6. The normalized spacial score (nSPS) is 15.6. The van der Waals surface area contributed by atoms with Crippen LogP contribution in [0.4, 0.5) is 20.3 Å². The van der Waals surface area contributed by atoms with E-state index in [-0.39, 0.29) is 47.1 Å². The van der Waals surface area contributed by atoms with Crippen LogP contribution in [0.2, 0.25) is 0 Å². The van der Waals surface area contributed by atoms with Crippen molar-refractivity contribution in [2.24, 2.45) is 4.99 Å². The van der Waals surface area contributed by atoms with Crippen LogP contribution in [0.15, 0.2) is 65.3 Å². The average molecular weight is 476 g/mol. The van der Waals surface area contributed by atoms with Gasteiger partial charge in [-0.3, -0.25) is 4.79 Å². The van der Waals surface area contributed by atoms with Crippen molar-refractivity contribution < 1.29 is 18.3 Å². The monoisotopic (exact) mass is 476 g/mol. The quantitative estimate of drug-likeness (QED) is 0.368. The Hall–Kier alpha value is -4.47. The molecule has 0 spiro atoms. The van der Waals surface area contributed by atoms with Gasteiger partial charge < -0.3 is 20.8 Å². The summed E-state index contributed by atoms with van der Waals surface area (Å²) in [6.07, 6.45) is 3.10. The number of H-pyrrole nitrogens is 1. The highest BCUT2D eigenvalue weighted by molar-refractivity contribution is 6.12. The number of nitrogens with two attached hydrogens (primary N) is 1. The lowest BCUT2D eigenvalue weighted by molar-refractivity contribution is 0.103. The molecule has 0 bridgehead atoms. The molecular weight excluding hydrogens is 454 g/mol. The second-order valence-electron chi connectivity index (χ2n) is 8.19. The van der Waals surface area contributed by atoms with Gasteiger partial charge in [0, 0.05) is 24.0 Å². The molecule has 4 N–H and O–H groups in total. The van der Waals surface area contributed by atoms with Crippen molar-refractivity contribution in [3.63, 3.8) is 0 Å². The van der Waals surface area contributed by atoms with Gasteiger partial charge in [0.2, 0.25) is 11.7 Å². The number of para-hydroxylation sites is 1. The SMILES string of the molecule is CNc1cc2[nH]c(C(=O)c3cnn(C4CN=C(Oc5ccccc5F)C=C4C)c3N)cc2cc1F. The number of nitrogen functional groups attached to an aromatic ring is 1. The Morgan fingerprint density at radius 1 is 1.23 bits per heavy atom. The number of nitrogens with zero attached hydrogens (tertiary/aromatic N) is 3. The van der Waals surface area contributed by atoms with Crippen molar-refractivity contribution in [3.8, 4) is 5.75 Å². The van der Waals surface area contributed by atoms with Gasteiger partial charge in [0.15, 0.2) is 11.6 Å². The molecule has 0 radical (unpaired) electrons. The first kappa shape index (κ1) is 22.3. The molecule has 0 amide bonds. The summed E-state index contributed by atoms with van der Waals surface area (Å²) in [6, 6.07) is 10.3. The van der Waals surface area contributed by atoms with Crippen LogP contribution in [0.1, 0.15) is 29.0 Å². The minimum absolute atomic E-state index is 0.0836. The summed E-state index contributed by atoms with van der Waals surface area (Å²) in [5.41, 5.74) is 8.58. The number of anilines is 2. The summed E-state index contributed by atoms with van der Waals surface area (Å²) >= 11 is 0. The minimum Gasteiger partial charge on any atom is -0.436 e. The minimum atomic E-state index is -0.482. The standard InChI is InChI=1S/C25H22F2N6O2/c1-13-7-23(35-22-6-4-3-5-16(22)26)30-12-21(13)33-25(28)15(11-31-33)24(34)20-9-14-8-17(27)19(29-2)10-18(14)32-20/h3-11,21,29,32H,12,28H2,1-2H3. The van der Waals surface area contributed by atoms with Crippen molar-refractivity contribution in [2.75, 3.05) is 24.6 Å². The molecule has 1 aliphatic rings. The van der Waals surface area contributed by atoms with Crippen molar-refractivity contribution >= 4 is 34.1 Å². The van der Waals surface area contributed by atoms with Crippen LogP contribution in [-0.2, 0) is 0 Å². The van der Waals surface area contributed by atoms with Gasteiger partial charge in [0.05, 0.1) is 35.7 Å². The number of aliphatic imine (C=N–C) groups is 1. The predicted molar refractivity (Wildman–Crippen MR) is 130 cm³/mol. The third-order valence-corrected chi connectivity index (χ3v) is 5.94. The number of dihydropyridines is 1. The van der Waals surface area contributed by atoms with Crippen LogP contribution in [0.5, 0.6) is 5.75 Å². The van der Waals surface area contributed by atoms with E-state index >= 15 is 0 Å². The van der Waals surface area contributed by atoms with Crippen LogP contribution in [0.3, 0.4) is 0 Å². The maximum Gasteiger partial charge on any atom is 0.214 e. The van der Waals surface area contributed by atoms with Gasteiger partial charge in [-0.1, -0.05) is 12.1 Å². The molecular formula is C25H22F2N6O2. The molecule has 178 valence electrons. The lowest BCUT2D eigenvalue weighted by Crippen LogP contribution is -2.24. The van der Waals surface area contributed by atoms with Crippen molar-refractivity contribution in [3.05, 3.63) is 83.2 Å². The molecule has 8 nitrogen and oxygen atoms in total. The van der Waals surface area contributed by atoms with Crippen LogP contribution < -0.4 is 15.8 Å². The van der Waals surface area contributed by atoms with Crippen LogP contribution in [-0.4, -0.2) is 40.0 Å². The van der Waals surface area contributed by atoms with E-state index in [2.05, 4.69) is 20.4 Å². The first-order valence-electron chi connectivity index (χ1n) is 10.9. The molecule has 5 rings (SSSR count). The van der Waals surface area contributed by atoms with Gasteiger partial charge in [0.1, 0.15) is 11.6 Å². The highest BCUT2D eigenvalue weighted by Crippen LogP contribution is 2.29. The van der Waals surface area contributed by atoms with E-state index in [1.165, 1.54) is 29.1 Å². The third kappa shape index (κ3) is 4.03. The number of aromatic amines is 1. The van der Waals surface area contributed by atoms with E-state index in [0.29, 0.717) is 16.6 Å². The Morgan fingerprint density at radius 3 is 2.77 bits per heavy atom. The van der Waals surface area contributed by atoms with Crippen molar-refractivity contribution in [2.45, 2.75) is 13.0 Å². The van der Waals surface area contributed by atoms with E-state index in [1.54, 1.807) is 37.4 Å². The Kier molecular flexibility index (Phi) is 5.56. The topological polar surface area (TPSA) is 110 Å². The fourth-order valence-corrected chi connectivity index (χ4v) is 4.04. The van der Waals surface area contributed by atoms with Crippen molar-refractivity contribution in [1.29, 1.82) is 0 Å². The number of nitrogens with one attached hydrogen (secondary N) is 2. The molecule has 2 aromatic heterocycles. The molecule has 10 heteroatoms. The Balaban J connectivity index is 1.38. The number of aromatic nitrogens is 3. The van der Waals surface area contributed by atoms with Gasteiger partial charge in [-0.2, -0.15) is 5.10 Å². The molecule has 4 aromatic rings. The summed E-state index contributed by atoms with van der Waals surface area (Å²) in [5, 5.41) is 7.67. The summed E-state index contributed by atoms with van der Waals surface area (Å²) < 4.78 is 35.1. The van der Waals surface area contributed by atoms with Crippen LogP contribution in [0, 0.1) is 11.6 Å². The molecule has 0 saturated carbocycles. The zero-order valence-electron chi connectivity index (χ0n) is 19.0. The van der Waals surface area contributed by atoms with Crippen molar-refractivity contribution in [1.82, 2.24) is 14.8 Å². The van der Waals surface area contributed by atoms with Crippen LogP contribution >= 0.6 is 0 Å². The number of hydrogen-bond donors (Lipinski definition) is 3. The lowest BCUT2D eigenvalue weighted by atomic mass is 10.1. The Bertz CT molecular complexity index is 1520. The second kappa shape index (κ2) is 8.71. The number of ketones is 1. The first-order chi connectivity index (χ1) is 16.9. The van der Waals surface area contributed by atoms with E-state index < -0.39 is 11.6 Å². The fourth-order valence-electron chi connectivity index (χ4n) is 4.04. The van der Waals surface area contributed by atoms with E-state index in [1.807, 2.05) is 6.92 Å². The van der Waals surface area contributed by atoms with Gasteiger partial charge in [-0.25, -0.2) is 18.5 Å². The molecule has 1 aliphatic heterocycles. The van der Waals surface area contributed by atoms with Gasteiger partial charge >= 0.3 is 0 Å². The first-order valence-corrected chi connectivity index (χ1v) is 10.9. The Morgan fingerprint density at radius 2 is 2.03 bits per heavy atom. The average Bonchev–Trinajstić information content (AvgIpc) is 3.43. The number of benzene rings is 2. The number of rotatable bonds is 5. The zero-order valence-corrected chi connectivity index (χ0v) is 19.0. The van der Waals surface area contributed by atoms with E-state index in [0.717, 1.165) is 5.57 Å². The summed E-state index contributed by atoms with van der Waals surface area (Å²) in [7, 11) is 1.62. The van der Waals surface area contributed by atoms with Gasteiger partial charge in [-0.15, -0.1) is 0 Å². The molecule has 0 aliphatic carbocycles. The Labute approximate surface area is 199 Å². The number of halogens is 2. The number of carbonyl (C=O) groups is 1. The fraction of sp³-hybridized carbons (Fsp3) is 0.160. The second-order valence-corrected chi connectivity index (χ2v) is 8.19. The maximum absolute atomic E-state index is 14.1. The molecule has 1 atom stereocenters. The molecule has 2 aromatic carbocycles. The molecule has 3 heterocycles. The summed E-state index contributed by atoms with van der Waals surface area (Å²) in [6.45, 7) is 2.11. The van der Waals surface area contributed by atoms with Gasteiger partial charge in [-0.05, 0) is 42.8 Å². The lowest BCUT2D eigenvalue weighted by Gasteiger charge is -2.22. The molecule has 35 heavy (non-hydrogen) atoms. The predicted octanol–water partition coefficient (Wildman–Crippen LogP) is 4.48. The number of ether oxygens (including phenoxy) is 1. The number of hydrogen-bond acceptors (Lipinski definition) is 6. The highest BCUT2D eigenvalue weighted by Gasteiger charge is 2.26.